The van der Waals surface area contributed by atoms with Crippen molar-refractivity contribution in [3.8, 4) is 0 Å². The molecule has 2 rings (SSSR count). The van der Waals surface area contributed by atoms with Gasteiger partial charge in [0.25, 0.3) is 0 Å². The van der Waals surface area contributed by atoms with Crippen LogP contribution in [0.3, 0.4) is 0 Å². The lowest BCUT2D eigenvalue weighted by Gasteiger charge is -2.21. The third kappa shape index (κ3) is 0.864. The van der Waals surface area contributed by atoms with Crippen LogP contribution in [0.2, 0.25) is 0 Å². The van der Waals surface area contributed by atoms with Crippen molar-refractivity contribution in [2.24, 2.45) is 5.92 Å². The minimum atomic E-state index is 0.712. The fourth-order valence-electron chi connectivity index (χ4n) is 2.01. The van der Waals surface area contributed by atoms with E-state index >= 15 is 0 Å². The molecule has 2 atom stereocenters. The Labute approximate surface area is 56.2 Å². The first-order valence-electron chi connectivity index (χ1n) is 3.80. The summed E-state index contributed by atoms with van der Waals surface area (Å²) >= 11 is 0. The Hall–Kier alpha value is -0.0800. The maximum atomic E-state index is 3.49. The van der Waals surface area contributed by atoms with Crippen molar-refractivity contribution in [3.05, 3.63) is 0 Å². The van der Waals surface area contributed by atoms with Gasteiger partial charge in [-0.3, -0.25) is 4.90 Å². The van der Waals surface area contributed by atoms with E-state index in [9.17, 15) is 0 Å². The van der Waals surface area contributed by atoms with Crippen LogP contribution >= 0.6 is 0 Å². The predicted octanol–water partition coefficient (Wildman–Crippen LogP) is 0.258. The predicted molar refractivity (Wildman–Crippen MR) is 37.1 cm³/mol. The van der Waals surface area contributed by atoms with Crippen molar-refractivity contribution >= 4 is 0 Å². The Morgan fingerprint density at radius 2 is 2.44 bits per heavy atom. The van der Waals surface area contributed by atoms with Gasteiger partial charge in [-0.25, -0.2) is 0 Å². The molecular formula is C7H14N2. The fraction of sp³-hybridized carbons (Fsp3) is 1.00. The molecule has 0 amide bonds. The van der Waals surface area contributed by atoms with E-state index in [-0.39, 0.29) is 0 Å². The molecule has 52 valence electrons. The molecule has 2 aliphatic heterocycles. The second kappa shape index (κ2) is 1.96. The second-order valence-corrected chi connectivity index (χ2v) is 3.30. The van der Waals surface area contributed by atoms with Crippen molar-refractivity contribution in [2.75, 3.05) is 20.1 Å². The Bertz CT molecular complexity index is 111. The van der Waals surface area contributed by atoms with Gasteiger partial charge in [-0.15, -0.1) is 0 Å². The molecule has 2 nitrogen and oxygen atoms in total. The summed E-state index contributed by atoms with van der Waals surface area (Å²) in [5.74, 6) is 1.00. The lowest BCUT2D eigenvalue weighted by Crippen LogP contribution is -2.39. The smallest absolute Gasteiger partial charge is 0.0597 e. The molecule has 2 heteroatoms. The van der Waals surface area contributed by atoms with Gasteiger partial charge < -0.3 is 5.32 Å². The standard InChI is InChI=1S/C7H14N2/c1-9-5-6-2-3-8-7(9)4-6/h6-8H,2-5H2,1H3. The molecule has 0 aromatic rings. The lowest BCUT2D eigenvalue weighted by atomic mass is 10.0. The van der Waals surface area contributed by atoms with Gasteiger partial charge in [0, 0.05) is 6.54 Å². The zero-order valence-corrected chi connectivity index (χ0v) is 5.93. The molecule has 0 spiro atoms. The number of piperidine rings is 1. The van der Waals surface area contributed by atoms with Gasteiger partial charge >= 0.3 is 0 Å². The SMILES string of the molecule is CN1CC2CCNC1C2. The normalized spacial score (nSPS) is 43.7. The Morgan fingerprint density at radius 1 is 1.56 bits per heavy atom. The van der Waals surface area contributed by atoms with E-state index in [0.29, 0.717) is 6.17 Å². The molecule has 0 radical (unpaired) electrons. The molecule has 0 saturated carbocycles. The van der Waals surface area contributed by atoms with Crippen molar-refractivity contribution in [2.45, 2.75) is 19.0 Å². The van der Waals surface area contributed by atoms with E-state index in [1.165, 1.54) is 25.9 Å². The van der Waals surface area contributed by atoms with Gasteiger partial charge in [0.1, 0.15) is 0 Å². The summed E-state index contributed by atoms with van der Waals surface area (Å²) in [7, 11) is 2.21. The topological polar surface area (TPSA) is 15.3 Å². The van der Waals surface area contributed by atoms with Gasteiger partial charge in [-0.05, 0) is 32.4 Å². The summed E-state index contributed by atoms with van der Waals surface area (Å²) in [4.78, 5) is 2.43. The molecule has 0 aromatic heterocycles. The molecule has 2 aliphatic rings. The molecule has 1 N–H and O–H groups in total. The Morgan fingerprint density at radius 3 is 3.11 bits per heavy atom. The molecule has 2 fully saturated rings. The van der Waals surface area contributed by atoms with Crippen molar-refractivity contribution < 1.29 is 0 Å². The first-order valence-corrected chi connectivity index (χ1v) is 3.80. The molecule has 9 heavy (non-hydrogen) atoms. The Kier molecular flexibility index (Phi) is 1.24. The van der Waals surface area contributed by atoms with Crippen LogP contribution in [-0.4, -0.2) is 31.2 Å². The summed E-state index contributed by atoms with van der Waals surface area (Å²) in [5.41, 5.74) is 0. The molecular weight excluding hydrogens is 112 g/mol. The van der Waals surface area contributed by atoms with Crippen molar-refractivity contribution in [1.29, 1.82) is 0 Å². The number of fused-ring (bicyclic) bond motifs is 2. The summed E-state index contributed by atoms with van der Waals surface area (Å²) in [6.07, 6.45) is 3.49. The molecule has 2 heterocycles. The minimum absolute atomic E-state index is 0.712. The summed E-state index contributed by atoms with van der Waals surface area (Å²) in [6.45, 7) is 2.55. The average Bonchev–Trinajstić information content (AvgIpc) is 2.09. The van der Waals surface area contributed by atoms with Crippen LogP contribution < -0.4 is 5.32 Å². The largest absolute Gasteiger partial charge is 0.302 e. The van der Waals surface area contributed by atoms with Gasteiger partial charge in [-0.2, -0.15) is 0 Å². The number of rotatable bonds is 0. The van der Waals surface area contributed by atoms with E-state index < -0.39 is 0 Å². The number of likely N-dealkylation sites (tertiary alicyclic amines) is 1. The molecule has 2 saturated heterocycles. The average molecular weight is 126 g/mol. The van der Waals surface area contributed by atoms with Crippen molar-refractivity contribution in [1.82, 2.24) is 10.2 Å². The monoisotopic (exact) mass is 126 g/mol. The minimum Gasteiger partial charge on any atom is -0.302 e. The van der Waals surface area contributed by atoms with Crippen LogP contribution in [-0.2, 0) is 0 Å². The van der Waals surface area contributed by atoms with Crippen LogP contribution in [0.5, 0.6) is 0 Å². The zero-order chi connectivity index (χ0) is 6.27. The molecule has 2 bridgehead atoms. The zero-order valence-electron chi connectivity index (χ0n) is 5.93. The number of hydrogen-bond donors (Lipinski definition) is 1. The highest BCUT2D eigenvalue weighted by atomic mass is 15.3. The highest BCUT2D eigenvalue weighted by Crippen LogP contribution is 2.25. The first kappa shape index (κ1) is 5.69. The summed E-state index contributed by atoms with van der Waals surface area (Å²) in [5, 5.41) is 3.49. The van der Waals surface area contributed by atoms with Crippen molar-refractivity contribution in [3.63, 3.8) is 0 Å². The summed E-state index contributed by atoms with van der Waals surface area (Å²) in [6, 6.07) is 0. The van der Waals surface area contributed by atoms with E-state index in [0.717, 1.165) is 5.92 Å². The van der Waals surface area contributed by atoms with Crippen LogP contribution in [0.25, 0.3) is 0 Å². The molecule has 0 aromatic carbocycles. The highest BCUT2D eigenvalue weighted by Gasteiger charge is 2.31. The number of nitrogens with one attached hydrogen (secondary N) is 1. The highest BCUT2D eigenvalue weighted by molar-refractivity contribution is 4.86. The van der Waals surface area contributed by atoms with Crippen LogP contribution in [0.15, 0.2) is 0 Å². The number of nitrogens with zero attached hydrogens (tertiary/aromatic N) is 1. The van der Waals surface area contributed by atoms with Crippen LogP contribution in [0, 0.1) is 5.92 Å². The van der Waals surface area contributed by atoms with Gasteiger partial charge in [-0.1, -0.05) is 0 Å². The van der Waals surface area contributed by atoms with Crippen LogP contribution in [0.4, 0.5) is 0 Å². The Balaban J connectivity index is 2.07. The van der Waals surface area contributed by atoms with E-state index in [2.05, 4.69) is 17.3 Å². The summed E-state index contributed by atoms with van der Waals surface area (Å²) < 4.78 is 0. The second-order valence-electron chi connectivity index (χ2n) is 3.30. The molecule has 2 unspecified atom stereocenters. The van der Waals surface area contributed by atoms with Gasteiger partial charge in [0.05, 0.1) is 6.17 Å². The quantitative estimate of drug-likeness (QED) is 0.501. The lowest BCUT2D eigenvalue weighted by molar-refractivity contribution is 0.267. The maximum absolute atomic E-state index is 3.49. The maximum Gasteiger partial charge on any atom is 0.0597 e. The van der Waals surface area contributed by atoms with Gasteiger partial charge in [0.2, 0.25) is 0 Å². The third-order valence-corrected chi connectivity index (χ3v) is 2.57. The molecule has 0 aliphatic carbocycles. The van der Waals surface area contributed by atoms with E-state index in [4.69, 9.17) is 0 Å². The van der Waals surface area contributed by atoms with Gasteiger partial charge in [0.15, 0.2) is 0 Å². The van der Waals surface area contributed by atoms with E-state index in [1.54, 1.807) is 0 Å². The third-order valence-electron chi connectivity index (χ3n) is 2.57. The van der Waals surface area contributed by atoms with Crippen LogP contribution in [0.1, 0.15) is 12.8 Å². The first-order chi connectivity index (χ1) is 4.36. The van der Waals surface area contributed by atoms with E-state index in [1.807, 2.05) is 0 Å². The number of hydrogen-bond acceptors (Lipinski definition) is 2. The fourth-order valence-corrected chi connectivity index (χ4v) is 2.01.